The molecule has 0 unspecified atom stereocenters. The molecule has 2 aromatic rings. The van der Waals surface area contributed by atoms with Gasteiger partial charge >= 0.3 is 6.36 Å². The summed E-state index contributed by atoms with van der Waals surface area (Å²) in [6.07, 6.45) is -4.95. The van der Waals surface area contributed by atoms with E-state index < -0.39 is 23.9 Å². The number of amides is 2. The first-order valence-corrected chi connectivity index (χ1v) is 10.6. The van der Waals surface area contributed by atoms with E-state index in [-0.39, 0.29) is 17.8 Å². The number of likely N-dealkylation sites (N-methyl/N-ethyl adjacent to an activating group) is 1. The normalized spacial score (nSPS) is 15.3. The van der Waals surface area contributed by atoms with E-state index >= 15 is 0 Å². The summed E-state index contributed by atoms with van der Waals surface area (Å²) >= 11 is 3.29. The first kappa shape index (κ1) is 24.0. The van der Waals surface area contributed by atoms with E-state index in [0.29, 0.717) is 18.8 Å². The molecule has 3 rings (SSSR count). The Kier molecular flexibility index (Phi) is 7.75. The molecule has 0 spiro atoms. The van der Waals surface area contributed by atoms with Crippen LogP contribution in [0.1, 0.15) is 10.4 Å². The summed E-state index contributed by atoms with van der Waals surface area (Å²) in [6.45, 7) is 2.95. The molecule has 1 aliphatic rings. The summed E-state index contributed by atoms with van der Waals surface area (Å²) in [6, 6.07) is 10.2. The third kappa shape index (κ3) is 7.21. The maximum atomic E-state index is 12.8. The van der Waals surface area contributed by atoms with Crippen molar-refractivity contribution in [1.29, 1.82) is 0 Å². The van der Waals surface area contributed by atoms with Crippen LogP contribution in [0.15, 0.2) is 46.9 Å². The highest BCUT2D eigenvalue weighted by atomic mass is 79.9. The van der Waals surface area contributed by atoms with Crippen molar-refractivity contribution in [2.24, 2.45) is 0 Å². The Bertz CT molecular complexity index is 962. The monoisotopic (exact) mass is 514 g/mol. The lowest BCUT2D eigenvalue weighted by molar-refractivity contribution is -0.274. The molecule has 172 valence electrons. The maximum Gasteiger partial charge on any atom is 0.573 e. The summed E-state index contributed by atoms with van der Waals surface area (Å²) in [7, 11) is 1.98. The predicted octanol–water partition coefficient (Wildman–Crippen LogP) is 3.79. The molecule has 1 heterocycles. The average Bonchev–Trinajstić information content (AvgIpc) is 2.71. The van der Waals surface area contributed by atoms with Gasteiger partial charge in [0.1, 0.15) is 0 Å². The number of carbonyl (C=O) groups excluding carboxylic acids is 2. The van der Waals surface area contributed by atoms with Gasteiger partial charge in [0.2, 0.25) is 5.91 Å². The van der Waals surface area contributed by atoms with Crippen molar-refractivity contribution in [3.05, 3.63) is 52.5 Å². The highest BCUT2D eigenvalue weighted by Crippen LogP contribution is 2.31. The number of nitrogens with one attached hydrogen (secondary N) is 2. The number of anilines is 2. The van der Waals surface area contributed by atoms with Gasteiger partial charge in [0.05, 0.1) is 12.2 Å². The summed E-state index contributed by atoms with van der Waals surface area (Å²) < 4.78 is 43.3. The fraction of sp³-hybridized carbons (Fsp3) is 0.333. The number of piperazine rings is 1. The quantitative estimate of drug-likeness (QED) is 0.613. The van der Waals surface area contributed by atoms with E-state index in [4.69, 9.17) is 0 Å². The molecule has 0 aliphatic carbocycles. The topological polar surface area (TPSA) is 73.9 Å². The van der Waals surface area contributed by atoms with Gasteiger partial charge in [0.25, 0.3) is 5.91 Å². The summed E-state index contributed by atoms with van der Waals surface area (Å²) in [5.41, 5.74) is 0.344. The molecule has 0 atom stereocenters. The SMILES string of the molecule is CN1CCN(CC(=O)Nc2cc(C(=O)Nc3ccc(Br)cc3)ccc2OC(F)(F)F)CC1. The van der Waals surface area contributed by atoms with Crippen LogP contribution >= 0.6 is 15.9 Å². The van der Waals surface area contributed by atoms with Gasteiger partial charge in [-0.05, 0) is 49.5 Å². The van der Waals surface area contributed by atoms with Crippen LogP contribution in [0.3, 0.4) is 0 Å². The van der Waals surface area contributed by atoms with Gasteiger partial charge in [0, 0.05) is 41.9 Å². The van der Waals surface area contributed by atoms with Crippen LogP contribution in [-0.4, -0.2) is 67.7 Å². The van der Waals surface area contributed by atoms with Crippen molar-refractivity contribution in [1.82, 2.24) is 9.80 Å². The second-order valence-corrected chi connectivity index (χ2v) is 8.26. The van der Waals surface area contributed by atoms with E-state index in [1.165, 1.54) is 6.07 Å². The molecule has 2 aromatic carbocycles. The molecular formula is C21H22BrF3N4O3. The molecule has 0 radical (unpaired) electrons. The van der Waals surface area contributed by atoms with Crippen LogP contribution in [-0.2, 0) is 4.79 Å². The lowest BCUT2D eigenvalue weighted by Crippen LogP contribution is -2.47. The van der Waals surface area contributed by atoms with Crippen LogP contribution in [0, 0.1) is 0 Å². The van der Waals surface area contributed by atoms with Gasteiger partial charge in [-0.3, -0.25) is 14.5 Å². The Morgan fingerprint density at radius 1 is 1.03 bits per heavy atom. The Hall–Kier alpha value is -2.63. The van der Waals surface area contributed by atoms with E-state index in [2.05, 4.69) is 36.2 Å². The van der Waals surface area contributed by atoms with Crippen molar-refractivity contribution in [3.8, 4) is 5.75 Å². The van der Waals surface area contributed by atoms with Gasteiger partial charge in [-0.15, -0.1) is 13.2 Å². The second-order valence-electron chi connectivity index (χ2n) is 7.35. The minimum atomic E-state index is -4.95. The number of nitrogens with zero attached hydrogens (tertiary/aromatic N) is 2. The van der Waals surface area contributed by atoms with E-state index in [0.717, 1.165) is 29.7 Å². The fourth-order valence-electron chi connectivity index (χ4n) is 3.12. The van der Waals surface area contributed by atoms with Gasteiger partial charge < -0.3 is 20.3 Å². The maximum absolute atomic E-state index is 12.8. The van der Waals surface area contributed by atoms with Crippen molar-refractivity contribution in [2.75, 3.05) is 50.4 Å². The van der Waals surface area contributed by atoms with E-state index in [1.807, 2.05) is 11.9 Å². The summed E-state index contributed by atoms with van der Waals surface area (Å²) in [5, 5.41) is 5.11. The number of benzene rings is 2. The number of hydrogen-bond acceptors (Lipinski definition) is 5. The fourth-order valence-corrected chi connectivity index (χ4v) is 3.38. The molecule has 1 fully saturated rings. The molecule has 1 saturated heterocycles. The lowest BCUT2D eigenvalue weighted by Gasteiger charge is -2.31. The molecule has 7 nitrogen and oxygen atoms in total. The van der Waals surface area contributed by atoms with E-state index in [9.17, 15) is 22.8 Å². The van der Waals surface area contributed by atoms with Crippen LogP contribution in [0.2, 0.25) is 0 Å². The van der Waals surface area contributed by atoms with E-state index in [1.54, 1.807) is 24.3 Å². The van der Waals surface area contributed by atoms with Crippen molar-refractivity contribution >= 4 is 39.1 Å². The van der Waals surface area contributed by atoms with Crippen molar-refractivity contribution in [3.63, 3.8) is 0 Å². The largest absolute Gasteiger partial charge is 0.573 e. The molecule has 0 bridgehead atoms. The van der Waals surface area contributed by atoms with Crippen molar-refractivity contribution in [2.45, 2.75) is 6.36 Å². The van der Waals surface area contributed by atoms with Crippen LogP contribution < -0.4 is 15.4 Å². The lowest BCUT2D eigenvalue weighted by atomic mass is 10.1. The highest BCUT2D eigenvalue weighted by Gasteiger charge is 2.32. The van der Waals surface area contributed by atoms with Crippen LogP contribution in [0.25, 0.3) is 0 Å². The second kappa shape index (κ2) is 10.3. The van der Waals surface area contributed by atoms with Crippen molar-refractivity contribution < 1.29 is 27.5 Å². The third-order valence-corrected chi connectivity index (χ3v) is 5.34. The predicted molar refractivity (Wildman–Crippen MR) is 118 cm³/mol. The Morgan fingerprint density at radius 3 is 2.31 bits per heavy atom. The zero-order valence-electron chi connectivity index (χ0n) is 17.2. The third-order valence-electron chi connectivity index (χ3n) is 4.81. The molecule has 32 heavy (non-hydrogen) atoms. The van der Waals surface area contributed by atoms with Crippen LogP contribution in [0.5, 0.6) is 5.75 Å². The number of ether oxygens (including phenoxy) is 1. The standard InChI is InChI=1S/C21H22BrF3N4O3/c1-28-8-10-29(11-9-28)13-19(30)27-17-12-14(2-7-18(17)32-21(23,24)25)20(31)26-16-5-3-15(22)4-6-16/h2-7,12H,8-11,13H2,1H3,(H,26,31)(H,27,30). The van der Waals surface area contributed by atoms with Gasteiger partial charge in [0.15, 0.2) is 5.75 Å². The molecule has 11 heteroatoms. The molecular weight excluding hydrogens is 493 g/mol. The zero-order valence-corrected chi connectivity index (χ0v) is 18.8. The number of halogens is 4. The minimum Gasteiger partial charge on any atom is -0.404 e. The first-order valence-electron chi connectivity index (χ1n) is 9.76. The smallest absolute Gasteiger partial charge is 0.404 e. The van der Waals surface area contributed by atoms with Crippen LogP contribution in [0.4, 0.5) is 24.5 Å². The summed E-state index contributed by atoms with van der Waals surface area (Å²) in [4.78, 5) is 29.1. The zero-order chi connectivity index (χ0) is 23.3. The molecule has 1 aliphatic heterocycles. The first-order chi connectivity index (χ1) is 15.1. The summed E-state index contributed by atoms with van der Waals surface area (Å²) in [5.74, 6) is -1.63. The average molecular weight is 515 g/mol. The molecule has 2 N–H and O–H groups in total. The number of carbonyl (C=O) groups is 2. The van der Waals surface area contributed by atoms with Gasteiger partial charge in [-0.25, -0.2) is 0 Å². The molecule has 0 aromatic heterocycles. The number of alkyl halides is 3. The molecule has 0 saturated carbocycles. The minimum absolute atomic E-state index is 0.0224. The van der Waals surface area contributed by atoms with Gasteiger partial charge in [-0.1, -0.05) is 15.9 Å². The van der Waals surface area contributed by atoms with Gasteiger partial charge in [-0.2, -0.15) is 0 Å². The Labute approximate surface area is 191 Å². The number of rotatable bonds is 6. The number of hydrogen-bond donors (Lipinski definition) is 2. The molecule has 2 amide bonds. The Morgan fingerprint density at radius 2 is 1.69 bits per heavy atom. The highest BCUT2D eigenvalue weighted by molar-refractivity contribution is 9.10. The Balaban J connectivity index is 1.75.